The normalized spacial score (nSPS) is 17.7. The van der Waals surface area contributed by atoms with Gasteiger partial charge in [-0.2, -0.15) is 0 Å². The molecule has 2 aliphatic heterocycles. The van der Waals surface area contributed by atoms with Crippen LogP contribution in [0.3, 0.4) is 0 Å². The average Bonchev–Trinajstić information content (AvgIpc) is 3.07. The van der Waals surface area contributed by atoms with Crippen LogP contribution in [0, 0.1) is 12.8 Å². The number of β-amino-alcohol motifs (C(OH)–C–C–N with tert-alkyl or cyclic N) is 1. The summed E-state index contributed by atoms with van der Waals surface area (Å²) < 4.78 is 0. The standard InChI is InChI=1S/C21H28N6O3S/c1-13-25-18-3-4-26(11-20(18)31-13)10-17(29)7-22-21(30)19-6-16(23-12-24-19)5-15-8-27(9-15)14(2)28/h6,12,15,17,29H,3-5,7-11H2,1-2H3,(H,22,30)/t17-/m0/s1. The molecule has 2 N–H and O–H groups in total. The first-order chi connectivity index (χ1) is 14.9. The van der Waals surface area contributed by atoms with Gasteiger partial charge in [0.05, 0.1) is 16.8 Å². The van der Waals surface area contributed by atoms with E-state index >= 15 is 0 Å². The SMILES string of the molecule is CC(=O)N1CC(Cc2cc(C(=O)NC[C@H](O)CN3CCc4nc(C)sc4C3)ncn2)C1. The van der Waals surface area contributed by atoms with Crippen molar-refractivity contribution in [1.82, 2.24) is 30.1 Å². The molecule has 1 atom stereocenters. The second-order valence-electron chi connectivity index (χ2n) is 8.34. The molecule has 0 bridgehead atoms. The highest BCUT2D eigenvalue weighted by Gasteiger charge is 2.29. The molecular weight excluding hydrogens is 416 g/mol. The molecule has 9 nitrogen and oxygen atoms in total. The Morgan fingerprint density at radius 3 is 2.94 bits per heavy atom. The Morgan fingerprint density at radius 1 is 1.35 bits per heavy atom. The first-order valence-corrected chi connectivity index (χ1v) is 11.4. The second-order valence-corrected chi connectivity index (χ2v) is 9.63. The number of aryl methyl sites for hydroxylation is 1. The van der Waals surface area contributed by atoms with Gasteiger partial charge in [0.1, 0.15) is 12.0 Å². The Labute approximate surface area is 185 Å². The molecule has 0 spiro atoms. The van der Waals surface area contributed by atoms with Crippen LogP contribution in [0.4, 0.5) is 0 Å². The number of rotatable bonds is 7. The molecule has 0 unspecified atom stereocenters. The number of nitrogens with one attached hydrogen (secondary N) is 1. The highest BCUT2D eigenvalue weighted by atomic mass is 32.1. The zero-order valence-corrected chi connectivity index (χ0v) is 18.7. The number of hydrogen-bond donors (Lipinski definition) is 2. The van der Waals surface area contributed by atoms with Gasteiger partial charge in [-0.3, -0.25) is 14.5 Å². The van der Waals surface area contributed by atoms with Crippen molar-refractivity contribution >= 4 is 23.2 Å². The molecule has 2 aliphatic rings. The Bertz CT molecular complexity index is 958. The van der Waals surface area contributed by atoms with E-state index in [1.54, 1.807) is 29.2 Å². The monoisotopic (exact) mass is 444 g/mol. The lowest BCUT2D eigenvalue weighted by Gasteiger charge is -2.38. The van der Waals surface area contributed by atoms with E-state index in [0.717, 1.165) is 43.3 Å². The van der Waals surface area contributed by atoms with Crippen molar-refractivity contribution in [2.75, 3.05) is 32.7 Å². The molecule has 10 heteroatoms. The summed E-state index contributed by atoms with van der Waals surface area (Å²) in [6.45, 7) is 7.36. The van der Waals surface area contributed by atoms with Crippen molar-refractivity contribution in [1.29, 1.82) is 0 Å². The number of aliphatic hydroxyl groups excluding tert-OH is 1. The summed E-state index contributed by atoms with van der Waals surface area (Å²) in [4.78, 5) is 41.9. The Kier molecular flexibility index (Phi) is 6.59. The lowest BCUT2D eigenvalue weighted by molar-refractivity contribution is -0.134. The minimum Gasteiger partial charge on any atom is -0.390 e. The molecular formula is C21H28N6O3S. The number of aromatic nitrogens is 3. The molecule has 0 radical (unpaired) electrons. The van der Waals surface area contributed by atoms with Crippen LogP contribution < -0.4 is 5.32 Å². The zero-order valence-electron chi connectivity index (χ0n) is 17.9. The van der Waals surface area contributed by atoms with Crippen LogP contribution in [0.2, 0.25) is 0 Å². The van der Waals surface area contributed by atoms with Crippen molar-refractivity contribution in [2.45, 2.75) is 39.3 Å². The van der Waals surface area contributed by atoms with E-state index in [2.05, 4.69) is 25.2 Å². The largest absolute Gasteiger partial charge is 0.390 e. The third-order valence-electron chi connectivity index (χ3n) is 5.74. The third kappa shape index (κ3) is 5.44. The number of nitrogens with zero attached hydrogens (tertiary/aromatic N) is 5. The lowest BCUT2D eigenvalue weighted by Crippen LogP contribution is -2.49. The number of hydrogen-bond acceptors (Lipinski definition) is 8. The number of fused-ring (bicyclic) bond motifs is 1. The Morgan fingerprint density at radius 2 is 2.16 bits per heavy atom. The summed E-state index contributed by atoms with van der Waals surface area (Å²) in [6, 6.07) is 1.69. The maximum absolute atomic E-state index is 12.5. The maximum Gasteiger partial charge on any atom is 0.270 e. The van der Waals surface area contributed by atoms with Crippen LogP contribution >= 0.6 is 11.3 Å². The van der Waals surface area contributed by atoms with Crippen molar-refractivity contribution in [3.05, 3.63) is 39.4 Å². The fourth-order valence-corrected chi connectivity index (χ4v) is 5.11. The van der Waals surface area contributed by atoms with Gasteiger partial charge in [-0.05, 0) is 25.3 Å². The molecule has 4 rings (SSSR count). The summed E-state index contributed by atoms with van der Waals surface area (Å²) in [5, 5.41) is 14.3. The van der Waals surface area contributed by atoms with Crippen LogP contribution in [0.25, 0.3) is 0 Å². The third-order valence-corrected chi connectivity index (χ3v) is 6.74. The van der Waals surface area contributed by atoms with Crippen LogP contribution in [-0.2, 0) is 24.2 Å². The minimum atomic E-state index is -0.659. The van der Waals surface area contributed by atoms with E-state index < -0.39 is 6.10 Å². The molecule has 1 saturated heterocycles. The van der Waals surface area contributed by atoms with Crippen molar-refractivity contribution in [3.63, 3.8) is 0 Å². The number of amides is 2. The predicted octanol–water partition coefficient (Wildman–Crippen LogP) is 0.411. The molecule has 2 aromatic rings. The molecule has 4 heterocycles. The first kappa shape index (κ1) is 21.8. The molecule has 1 fully saturated rings. The summed E-state index contributed by atoms with van der Waals surface area (Å²) in [7, 11) is 0. The van der Waals surface area contributed by atoms with Crippen LogP contribution in [-0.4, -0.2) is 80.5 Å². The number of likely N-dealkylation sites (tertiary alicyclic amines) is 1. The zero-order chi connectivity index (χ0) is 22.0. The molecule has 2 aromatic heterocycles. The van der Waals surface area contributed by atoms with Gasteiger partial charge < -0.3 is 15.3 Å². The van der Waals surface area contributed by atoms with E-state index in [1.807, 2.05) is 6.92 Å². The quantitative estimate of drug-likeness (QED) is 0.636. The van der Waals surface area contributed by atoms with Crippen molar-refractivity contribution in [3.8, 4) is 0 Å². The number of aliphatic hydroxyl groups is 1. The van der Waals surface area contributed by atoms with Crippen molar-refractivity contribution < 1.29 is 14.7 Å². The molecule has 0 aromatic carbocycles. The molecule has 166 valence electrons. The fourth-order valence-electron chi connectivity index (χ4n) is 4.08. The van der Waals surface area contributed by atoms with Crippen LogP contribution in [0.5, 0.6) is 0 Å². The fraction of sp³-hybridized carbons (Fsp3) is 0.571. The summed E-state index contributed by atoms with van der Waals surface area (Å²) in [5.41, 5.74) is 2.26. The van der Waals surface area contributed by atoms with E-state index in [4.69, 9.17) is 0 Å². The first-order valence-electron chi connectivity index (χ1n) is 10.6. The number of thiazole rings is 1. The second kappa shape index (κ2) is 9.37. The smallest absolute Gasteiger partial charge is 0.270 e. The highest BCUT2D eigenvalue weighted by molar-refractivity contribution is 7.11. The Balaban J connectivity index is 1.23. The van der Waals surface area contributed by atoms with E-state index in [-0.39, 0.29) is 18.4 Å². The van der Waals surface area contributed by atoms with Crippen molar-refractivity contribution in [2.24, 2.45) is 5.92 Å². The molecule has 31 heavy (non-hydrogen) atoms. The van der Waals surface area contributed by atoms with Gasteiger partial charge in [-0.1, -0.05) is 0 Å². The number of carbonyl (C=O) groups is 2. The van der Waals surface area contributed by atoms with Crippen LogP contribution in [0.1, 0.15) is 38.7 Å². The minimum absolute atomic E-state index is 0.0877. The van der Waals surface area contributed by atoms with Gasteiger partial charge in [0.25, 0.3) is 5.91 Å². The lowest BCUT2D eigenvalue weighted by atomic mass is 9.94. The molecule has 2 amide bonds. The predicted molar refractivity (Wildman–Crippen MR) is 116 cm³/mol. The summed E-state index contributed by atoms with van der Waals surface area (Å²) >= 11 is 1.71. The Hall–Kier alpha value is -2.43. The van der Waals surface area contributed by atoms with Gasteiger partial charge >= 0.3 is 0 Å². The molecule has 0 aliphatic carbocycles. The number of carbonyl (C=O) groups excluding carboxylic acids is 2. The van der Waals surface area contributed by atoms with E-state index in [0.29, 0.717) is 24.6 Å². The average molecular weight is 445 g/mol. The summed E-state index contributed by atoms with van der Waals surface area (Å²) in [5.74, 6) is 0.134. The van der Waals surface area contributed by atoms with Gasteiger partial charge in [-0.15, -0.1) is 11.3 Å². The van der Waals surface area contributed by atoms with Gasteiger partial charge in [0, 0.05) is 63.2 Å². The van der Waals surface area contributed by atoms with Gasteiger partial charge in [-0.25, -0.2) is 15.0 Å². The van der Waals surface area contributed by atoms with Gasteiger partial charge in [0.2, 0.25) is 5.91 Å². The molecule has 0 saturated carbocycles. The van der Waals surface area contributed by atoms with Crippen LogP contribution in [0.15, 0.2) is 12.4 Å². The van der Waals surface area contributed by atoms with E-state index in [1.165, 1.54) is 16.9 Å². The highest BCUT2D eigenvalue weighted by Crippen LogP contribution is 2.24. The topological polar surface area (TPSA) is 112 Å². The van der Waals surface area contributed by atoms with Gasteiger partial charge in [0.15, 0.2) is 0 Å². The van der Waals surface area contributed by atoms with E-state index in [9.17, 15) is 14.7 Å². The summed E-state index contributed by atoms with van der Waals surface area (Å²) in [6.07, 6.45) is 2.34. The maximum atomic E-state index is 12.5.